The molecule has 0 aromatic heterocycles. The fourth-order valence-corrected chi connectivity index (χ4v) is 0.399. The lowest BCUT2D eigenvalue weighted by atomic mass is 10.4. The topological polar surface area (TPSA) is 52.3 Å². The number of hydrogen-bond donors (Lipinski definition) is 1. The number of alkyl halides is 1. The fraction of sp³-hybridized carbons (Fsp3) is 0.400. The number of nitrogens with two attached hydrogens (primary N) is 1. The Morgan fingerprint density at radius 1 is 1.80 bits per heavy atom. The molecule has 0 aliphatic heterocycles. The van der Waals surface area contributed by atoms with Gasteiger partial charge in [0.1, 0.15) is 6.61 Å². The van der Waals surface area contributed by atoms with Crippen molar-refractivity contribution in [1.82, 2.24) is 0 Å². The quantitative estimate of drug-likeness (QED) is 0.642. The van der Waals surface area contributed by atoms with E-state index < -0.39 is 6.09 Å². The Bertz CT molecular complexity index is 149. The van der Waals surface area contributed by atoms with Crippen molar-refractivity contribution in [2.45, 2.75) is 0 Å². The molecule has 3 nitrogen and oxygen atoms in total. The molecule has 58 valence electrons. The Balaban J connectivity index is 3.56. The second-order valence-electron chi connectivity index (χ2n) is 1.51. The molecule has 0 heterocycles. The van der Waals surface area contributed by atoms with Crippen molar-refractivity contribution in [3.8, 4) is 0 Å². The molecule has 0 unspecified atom stereocenters. The van der Waals surface area contributed by atoms with E-state index in [1.54, 1.807) is 0 Å². The van der Waals surface area contributed by atoms with Gasteiger partial charge in [-0.15, -0.1) is 11.6 Å². The number of amides is 1. The summed E-state index contributed by atoms with van der Waals surface area (Å²) in [7, 11) is 0. The Labute approximate surface area is 62.6 Å². The van der Waals surface area contributed by atoms with Crippen molar-refractivity contribution in [2.24, 2.45) is 5.73 Å². The van der Waals surface area contributed by atoms with Crippen molar-refractivity contribution in [1.29, 1.82) is 0 Å². The molecular formula is C5H7ClFNO2. The lowest BCUT2D eigenvalue weighted by Crippen LogP contribution is -2.14. The van der Waals surface area contributed by atoms with Crippen LogP contribution in [0, 0.1) is 0 Å². The third-order valence-corrected chi connectivity index (χ3v) is 1.07. The molecule has 0 saturated carbocycles. The van der Waals surface area contributed by atoms with Crippen LogP contribution in [0.4, 0.5) is 9.18 Å². The van der Waals surface area contributed by atoms with Crippen molar-refractivity contribution in [3.63, 3.8) is 0 Å². The highest BCUT2D eigenvalue weighted by molar-refractivity contribution is 6.19. The van der Waals surface area contributed by atoms with Crippen LogP contribution in [0.3, 0.4) is 0 Å². The molecule has 5 heteroatoms. The van der Waals surface area contributed by atoms with Gasteiger partial charge in [-0.05, 0) is 0 Å². The maximum atomic E-state index is 11.6. The van der Waals surface area contributed by atoms with Gasteiger partial charge in [-0.2, -0.15) is 0 Å². The van der Waals surface area contributed by atoms with E-state index in [-0.39, 0.29) is 24.4 Å². The second kappa shape index (κ2) is 5.05. The molecule has 2 N–H and O–H groups in total. The highest BCUT2D eigenvalue weighted by Gasteiger charge is 1.98. The molecule has 0 saturated heterocycles. The molecule has 10 heavy (non-hydrogen) atoms. The second-order valence-corrected chi connectivity index (χ2v) is 1.78. The van der Waals surface area contributed by atoms with E-state index >= 15 is 0 Å². The molecule has 1 amide bonds. The minimum atomic E-state index is -0.940. The van der Waals surface area contributed by atoms with Crippen molar-refractivity contribution in [3.05, 3.63) is 11.9 Å². The first-order valence-electron chi connectivity index (χ1n) is 2.47. The van der Waals surface area contributed by atoms with Crippen LogP contribution < -0.4 is 5.73 Å². The monoisotopic (exact) mass is 167 g/mol. The van der Waals surface area contributed by atoms with Gasteiger partial charge in [-0.1, -0.05) is 0 Å². The summed E-state index contributed by atoms with van der Waals surface area (Å²) in [5.74, 6) is -0.0101. The third kappa shape index (κ3) is 4.14. The Morgan fingerprint density at radius 3 is 2.70 bits per heavy atom. The molecule has 0 atom stereocenters. The van der Waals surface area contributed by atoms with Gasteiger partial charge >= 0.3 is 6.09 Å². The molecule has 0 aromatic rings. The highest BCUT2D eigenvalue weighted by atomic mass is 35.5. The summed E-state index contributed by atoms with van der Waals surface area (Å²) in [6.45, 7) is -0.185. The van der Waals surface area contributed by atoms with Gasteiger partial charge in [-0.3, -0.25) is 0 Å². The van der Waals surface area contributed by atoms with Gasteiger partial charge < -0.3 is 10.5 Å². The summed E-state index contributed by atoms with van der Waals surface area (Å²) in [4.78, 5) is 9.94. The van der Waals surface area contributed by atoms with Gasteiger partial charge in [-0.25, -0.2) is 9.18 Å². The summed E-state index contributed by atoms with van der Waals surface area (Å²) in [5, 5.41) is 0. The zero-order valence-corrected chi connectivity index (χ0v) is 5.90. The molecular weight excluding hydrogens is 161 g/mol. The zero-order chi connectivity index (χ0) is 7.98. The Kier molecular flexibility index (Phi) is 4.66. The SMILES string of the molecule is NC(=O)OC/C(=C\F)CCl. The first-order chi connectivity index (χ1) is 4.70. The molecule has 0 spiro atoms. The van der Waals surface area contributed by atoms with Crippen molar-refractivity contribution >= 4 is 17.7 Å². The molecule has 0 aromatic carbocycles. The Morgan fingerprint density at radius 2 is 2.40 bits per heavy atom. The predicted octanol–water partition coefficient (Wildman–Crippen LogP) is 1.17. The average molecular weight is 168 g/mol. The van der Waals surface area contributed by atoms with E-state index in [2.05, 4.69) is 10.5 Å². The third-order valence-electron chi connectivity index (χ3n) is 0.726. The normalized spacial score (nSPS) is 11.2. The first-order valence-corrected chi connectivity index (χ1v) is 3.00. The van der Waals surface area contributed by atoms with Crippen LogP contribution in [0.5, 0.6) is 0 Å². The van der Waals surface area contributed by atoms with Crippen molar-refractivity contribution in [2.75, 3.05) is 12.5 Å². The van der Waals surface area contributed by atoms with Crippen LogP contribution in [-0.2, 0) is 4.74 Å². The van der Waals surface area contributed by atoms with Crippen molar-refractivity contribution < 1.29 is 13.9 Å². The summed E-state index contributed by atoms with van der Waals surface area (Å²) in [6, 6.07) is 0. The number of ether oxygens (including phenoxy) is 1. The van der Waals surface area contributed by atoms with E-state index in [0.717, 1.165) is 0 Å². The average Bonchev–Trinajstić information content (AvgIpc) is 1.90. The van der Waals surface area contributed by atoms with Gasteiger partial charge in [0.05, 0.1) is 6.33 Å². The maximum Gasteiger partial charge on any atom is 0.404 e. The number of rotatable bonds is 3. The number of primary amides is 1. The lowest BCUT2D eigenvalue weighted by Gasteiger charge is -1.99. The van der Waals surface area contributed by atoms with Gasteiger partial charge in [0.25, 0.3) is 0 Å². The molecule has 0 radical (unpaired) electrons. The summed E-state index contributed by atoms with van der Waals surface area (Å²) < 4.78 is 15.9. The largest absolute Gasteiger partial charge is 0.445 e. The number of carbonyl (C=O) groups excluding carboxylic acids is 1. The van der Waals surface area contributed by atoms with E-state index in [4.69, 9.17) is 11.6 Å². The summed E-state index contributed by atoms with van der Waals surface area (Å²) in [5.41, 5.74) is 4.78. The minimum absolute atomic E-state index is 0.0101. The first kappa shape index (κ1) is 9.23. The summed E-state index contributed by atoms with van der Waals surface area (Å²) >= 11 is 5.21. The number of halogens is 2. The Hall–Kier alpha value is -0.770. The van der Waals surface area contributed by atoms with Gasteiger partial charge in [0.2, 0.25) is 0 Å². The number of carbonyl (C=O) groups is 1. The van der Waals surface area contributed by atoms with Crippen LogP contribution in [0.1, 0.15) is 0 Å². The molecule has 0 bridgehead atoms. The lowest BCUT2D eigenvalue weighted by molar-refractivity contribution is 0.166. The zero-order valence-electron chi connectivity index (χ0n) is 5.14. The van der Waals surface area contributed by atoms with Gasteiger partial charge in [0.15, 0.2) is 0 Å². The van der Waals surface area contributed by atoms with E-state index in [9.17, 15) is 9.18 Å². The molecule has 0 rings (SSSR count). The molecule has 0 aliphatic rings. The van der Waals surface area contributed by atoms with Crippen LogP contribution in [0.25, 0.3) is 0 Å². The molecule has 0 fully saturated rings. The number of hydrogen-bond acceptors (Lipinski definition) is 2. The van der Waals surface area contributed by atoms with Gasteiger partial charge in [0, 0.05) is 11.5 Å². The standard InChI is InChI=1S/C5H7ClFNO2/c6-1-4(2-7)3-10-5(8)9/h2H,1,3H2,(H2,8,9)/b4-2-. The van der Waals surface area contributed by atoms with E-state index in [1.165, 1.54) is 0 Å². The maximum absolute atomic E-state index is 11.6. The smallest absolute Gasteiger partial charge is 0.404 e. The highest BCUT2D eigenvalue weighted by Crippen LogP contribution is 1.98. The van der Waals surface area contributed by atoms with E-state index in [1.807, 2.05) is 0 Å². The van der Waals surface area contributed by atoms with Crippen LogP contribution in [0.2, 0.25) is 0 Å². The predicted molar refractivity (Wildman–Crippen MR) is 35.4 cm³/mol. The van der Waals surface area contributed by atoms with Crippen LogP contribution >= 0.6 is 11.6 Å². The van der Waals surface area contributed by atoms with Crippen LogP contribution in [0.15, 0.2) is 11.9 Å². The fourth-order valence-electron chi connectivity index (χ4n) is 0.263. The van der Waals surface area contributed by atoms with Crippen LogP contribution in [-0.4, -0.2) is 18.6 Å². The minimum Gasteiger partial charge on any atom is -0.445 e. The summed E-state index contributed by atoms with van der Waals surface area (Å²) in [6.07, 6.45) is -0.653. The van der Waals surface area contributed by atoms with E-state index in [0.29, 0.717) is 0 Å². The molecule has 0 aliphatic carbocycles.